The smallest absolute Gasteiger partial charge is 0.268 e. The molecule has 0 bridgehead atoms. The number of ketones is 1. The van der Waals surface area contributed by atoms with Crippen LogP contribution in [0.2, 0.25) is 0 Å². The van der Waals surface area contributed by atoms with Gasteiger partial charge in [0.1, 0.15) is 11.3 Å². The van der Waals surface area contributed by atoms with E-state index in [1.807, 2.05) is 69.3 Å². The zero-order valence-corrected chi connectivity index (χ0v) is 19.3. The van der Waals surface area contributed by atoms with Crippen molar-refractivity contribution < 1.29 is 14.3 Å². The molecule has 0 aliphatic rings. The Kier molecular flexibility index (Phi) is 6.81. The molecule has 0 amide bonds. The second-order valence-electron chi connectivity index (χ2n) is 8.26. The number of carbonyl (C=O) groups excluding carboxylic acids is 1. The van der Waals surface area contributed by atoms with Gasteiger partial charge >= 0.3 is 0 Å². The van der Waals surface area contributed by atoms with Crippen molar-refractivity contribution in [3.63, 3.8) is 0 Å². The summed E-state index contributed by atoms with van der Waals surface area (Å²) in [6.07, 6.45) is 3.35. The molecule has 0 aliphatic carbocycles. The molecule has 31 heavy (non-hydrogen) atoms. The van der Waals surface area contributed by atoms with Gasteiger partial charge in [0.05, 0.1) is 11.6 Å². The van der Waals surface area contributed by atoms with Gasteiger partial charge in [-0.2, -0.15) is 0 Å². The minimum atomic E-state index is -0.495. The Morgan fingerprint density at radius 3 is 2.45 bits per heavy atom. The van der Waals surface area contributed by atoms with E-state index >= 15 is 0 Å². The van der Waals surface area contributed by atoms with Gasteiger partial charge in [-0.15, -0.1) is 11.3 Å². The molecule has 1 heterocycles. The Labute approximate surface area is 185 Å². The molecular formula is C25H27NO4S. The monoisotopic (exact) mass is 437 g/mol. The SMILES string of the molecule is COc1ccc(/C=c2\s/c(=C\C(=O)C(C)(C)C)n(C)c2=O)cc1OCc1ccccc1. The molecule has 0 radical (unpaired) electrons. The number of benzene rings is 2. The second kappa shape index (κ2) is 9.35. The lowest BCUT2D eigenvalue weighted by Gasteiger charge is -2.12. The van der Waals surface area contributed by atoms with Crippen molar-refractivity contribution >= 4 is 29.3 Å². The van der Waals surface area contributed by atoms with E-state index in [4.69, 9.17) is 9.47 Å². The molecule has 3 aromatic rings. The van der Waals surface area contributed by atoms with Gasteiger partial charge in [0.15, 0.2) is 17.3 Å². The fraction of sp³-hybridized carbons (Fsp3) is 0.280. The number of ether oxygens (including phenoxy) is 2. The van der Waals surface area contributed by atoms with Crippen LogP contribution in [0.4, 0.5) is 0 Å². The normalized spacial score (nSPS) is 12.8. The summed E-state index contributed by atoms with van der Waals surface area (Å²) in [5, 5.41) is 0. The molecule has 162 valence electrons. The van der Waals surface area contributed by atoms with Crippen LogP contribution in [0.25, 0.3) is 12.2 Å². The van der Waals surface area contributed by atoms with Crippen LogP contribution in [0.5, 0.6) is 11.5 Å². The third kappa shape index (κ3) is 5.52. The molecule has 0 spiro atoms. The van der Waals surface area contributed by atoms with Gasteiger partial charge in [0.25, 0.3) is 5.56 Å². The first kappa shape index (κ1) is 22.6. The molecule has 0 unspecified atom stereocenters. The van der Waals surface area contributed by atoms with Crippen molar-refractivity contribution in [3.05, 3.63) is 79.2 Å². The Morgan fingerprint density at radius 2 is 1.81 bits per heavy atom. The summed E-state index contributed by atoms with van der Waals surface area (Å²) < 4.78 is 14.1. The van der Waals surface area contributed by atoms with E-state index in [1.165, 1.54) is 15.9 Å². The van der Waals surface area contributed by atoms with Crippen LogP contribution in [0.3, 0.4) is 0 Å². The summed E-state index contributed by atoms with van der Waals surface area (Å²) in [6.45, 7) is 5.99. The molecule has 0 N–H and O–H groups in total. The van der Waals surface area contributed by atoms with Gasteiger partial charge < -0.3 is 14.0 Å². The number of nitrogens with zero attached hydrogens (tertiary/aromatic N) is 1. The molecule has 0 atom stereocenters. The lowest BCUT2D eigenvalue weighted by atomic mass is 9.91. The van der Waals surface area contributed by atoms with Gasteiger partial charge in [-0.1, -0.05) is 57.2 Å². The first-order valence-corrected chi connectivity index (χ1v) is 10.8. The number of Topliss-reactive ketones (excluding diaryl/α,β-unsaturated/α-hetero) is 1. The van der Waals surface area contributed by atoms with E-state index in [9.17, 15) is 9.59 Å². The Bertz CT molecular complexity index is 1250. The summed E-state index contributed by atoms with van der Waals surface area (Å²) in [7, 11) is 3.28. The number of aromatic nitrogens is 1. The quantitative estimate of drug-likeness (QED) is 0.594. The van der Waals surface area contributed by atoms with E-state index in [-0.39, 0.29) is 11.3 Å². The summed E-state index contributed by atoms with van der Waals surface area (Å²) in [5.41, 5.74) is 1.23. The molecule has 0 fully saturated rings. The molecule has 3 rings (SSSR count). The van der Waals surface area contributed by atoms with Gasteiger partial charge in [0.2, 0.25) is 0 Å². The number of carbonyl (C=O) groups is 1. The average Bonchev–Trinajstić information content (AvgIpc) is 3.00. The van der Waals surface area contributed by atoms with Gasteiger partial charge in [-0.3, -0.25) is 9.59 Å². The number of hydrogen-bond donors (Lipinski definition) is 0. The molecule has 0 aliphatic heterocycles. The molecule has 0 saturated carbocycles. The standard InChI is InChI=1S/C25H27NO4S/c1-25(2,3)22(27)15-23-26(4)24(28)21(31-23)14-18-11-12-19(29-5)20(13-18)30-16-17-9-7-6-8-10-17/h6-15H,16H2,1-5H3/b21-14-,23-15-. The lowest BCUT2D eigenvalue weighted by molar-refractivity contribution is -0.120. The fourth-order valence-corrected chi connectivity index (χ4v) is 3.85. The third-order valence-electron chi connectivity index (χ3n) is 4.78. The maximum absolute atomic E-state index is 12.7. The molecular weight excluding hydrogens is 410 g/mol. The maximum atomic E-state index is 12.7. The van der Waals surface area contributed by atoms with E-state index in [0.29, 0.717) is 27.3 Å². The third-order valence-corrected chi connectivity index (χ3v) is 5.89. The largest absolute Gasteiger partial charge is 0.493 e. The van der Waals surface area contributed by atoms with Crippen molar-refractivity contribution in [2.24, 2.45) is 12.5 Å². The Hall–Kier alpha value is -3.12. The molecule has 6 heteroatoms. The highest BCUT2D eigenvalue weighted by Crippen LogP contribution is 2.29. The Morgan fingerprint density at radius 1 is 1.10 bits per heavy atom. The fourth-order valence-electron chi connectivity index (χ4n) is 2.82. The second-order valence-corrected chi connectivity index (χ2v) is 9.32. The van der Waals surface area contributed by atoms with E-state index in [2.05, 4.69) is 0 Å². The highest BCUT2D eigenvalue weighted by molar-refractivity contribution is 7.07. The lowest BCUT2D eigenvalue weighted by Crippen LogP contribution is -2.30. The molecule has 5 nitrogen and oxygen atoms in total. The van der Waals surface area contributed by atoms with Crippen LogP contribution < -0.4 is 24.2 Å². The van der Waals surface area contributed by atoms with Crippen molar-refractivity contribution in [2.75, 3.05) is 7.11 Å². The molecule has 1 aromatic heterocycles. The van der Waals surface area contributed by atoms with Crippen LogP contribution >= 0.6 is 11.3 Å². The topological polar surface area (TPSA) is 57.5 Å². The summed E-state index contributed by atoms with van der Waals surface area (Å²) in [4.78, 5) is 25.1. The summed E-state index contributed by atoms with van der Waals surface area (Å²) >= 11 is 1.30. The average molecular weight is 438 g/mol. The zero-order valence-electron chi connectivity index (χ0n) is 18.5. The van der Waals surface area contributed by atoms with Crippen molar-refractivity contribution in [1.29, 1.82) is 0 Å². The highest BCUT2D eigenvalue weighted by atomic mass is 32.1. The van der Waals surface area contributed by atoms with Crippen LogP contribution in [-0.4, -0.2) is 17.5 Å². The first-order chi connectivity index (χ1) is 14.7. The van der Waals surface area contributed by atoms with Crippen LogP contribution in [0.1, 0.15) is 31.9 Å². The summed E-state index contributed by atoms with van der Waals surface area (Å²) in [5.74, 6) is 1.21. The van der Waals surface area contributed by atoms with Gasteiger partial charge in [-0.25, -0.2) is 0 Å². The van der Waals surface area contributed by atoms with E-state index in [0.717, 1.165) is 11.1 Å². The number of hydrogen-bond acceptors (Lipinski definition) is 5. The number of rotatable bonds is 6. The zero-order chi connectivity index (χ0) is 22.6. The van der Waals surface area contributed by atoms with Crippen LogP contribution in [0, 0.1) is 5.41 Å². The molecule has 0 saturated heterocycles. The van der Waals surface area contributed by atoms with Crippen molar-refractivity contribution in [1.82, 2.24) is 4.57 Å². The predicted octanol–water partition coefficient (Wildman–Crippen LogP) is 3.26. The minimum Gasteiger partial charge on any atom is -0.493 e. The summed E-state index contributed by atoms with van der Waals surface area (Å²) in [6, 6.07) is 15.4. The van der Waals surface area contributed by atoms with Gasteiger partial charge in [0, 0.05) is 18.5 Å². The minimum absolute atomic E-state index is 0.0167. The Balaban J connectivity index is 1.97. The van der Waals surface area contributed by atoms with Crippen LogP contribution in [-0.2, 0) is 18.4 Å². The maximum Gasteiger partial charge on any atom is 0.268 e. The van der Waals surface area contributed by atoms with E-state index in [1.54, 1.807) is 26.3 Å². The number of methoxy groups -OCH3 is 1. The number of thiazole rings is 1. The van der Waals surface area contributed by atoms with Gasteiger partial charge in [-0.05, 0) is 29.3 Å². The van der Waals surface area contributed by atoms with E-state index < -0.39 is 5.41 Å². The highest BCUT2D eigenvalue weighted by Gasteiger charge is 2.19. The first-order valence-electron chi connectivity index (χ1n) is 9.97. The molecule has 2 aromatic carbocycles. The predicted molar refractivity (Wildman–Crippen MR) is 125 cm³/mol. The van der Waals surface area contributed by atoms with Crippen molar-refractivity contribution in [2.45, 2.75) is 27.4 Å². The van der Waals surface area contributed by atoms with Crippen LogP contribution in [0.15, 0.2) is 53.3 Å². The van der Waals surface area contributed by atoms with Crippen molar-refractivity contribution in [3.8, 4) is 11.5 Å².